The van der Waals surface area contributed by atoms with E-state index in [0.29, 0.717) is 23.6 Å². The van der Waals surface area contributed by atoms with Gasteiger partial charge in [0, 0.05) is 16.1 Å². The highest BCUT2D eigenvalue weighted by Gasteiger charge is 2.47. The number of benzene rings is 2. The standard InChI is InChI=1S/C25H23NO4S/c1-4-30-18-10-8-17(9-11-18)23(27)21-22(20-6-5-13-31-20)26(25(29)24(21)28)19-12-7-15(2)14-16(19)3/h5-14,22,27H,4H2,1-3H3/b23-21-. The molecule has 3 aromatic rings. The number of hydrogen-bond acceptors (Lipinski definition) is 5. The summed E-state index contributed by atoms with van der Waals surface area (Å²) in [6, 6.07) is 15.7. The third-order valence-corrected chi connectivity index (χ3v) is 6.23. The van der Waals surface area contributed by atoms with Gasteiger partial charge in [0.25, 0.3) is 11.7 Å². The van der Waals surface area contributed by atoms with Gasteiger partial charge in [0.15, 0.2) is 0 Å². The molecule has 1 aliphatic heterocycles. The van der Waals surface area contributed by atoms with Gasteiger partial charge in [-0.1, -0.05) is 23.8 Å². The van der Waals surface area contributed by atoms with Gasteiger partial charge in [0.2, 0.25) is 0 Å². The van der Waals surface area contributed by atoms with Gasteiger partial charge in [-0.2, -0.15) is 0 Å². The zero-order chi connectivity index (χ0) is 22.1. The highest BCUT2D eigenvalue weighted by atomic mass is 32.1. The normalized spacial score (nSPS) is 17.9. The lowest BCUT2D eigenvalue weighted by molar-refractivity contribution is -0.132. The summed E-state index contributed by atoms with van der Waals surface area (Å²) in [4.78, 5) is 28.6. The number of ether oxygens (including phenoxy) is 1. The Balaban J connectivity index is 1.87. The average molecular weight is 434 g/mol. The summed E-state index contributed by atoms with van der Waals surface area (Å²) >= 11 is 1.45. The first-order valence-corrected chi connectivity index (χ1v) is 10.9. The van der Waals surface area contributed by atoms with Crippen molar-refractivity contribution in [2.75, 3.05) is 11.5 Å². The molecule has 2 aromatic carbocycles. The van der Waals surface area contributed by atoms with Gasteiger partial charge in [-0.05, 0) is 68.1 Å². The number of ketones is 1. The van der Waals surface area contributed by atoms with Crippen molar-refractivity contribution in [3.63, 3.8) is 0 Å². The number of rotatable bonds is 5. The topological polar surface area (TPSA) is 66.8 Å². The van der Waals surface area contributed by atoms with Crippen molar-refractivity contribution in [3.05, 3.63) is 87.1 Å². The van der Waals surface area contributed by atoms with Crippen molar-refractivity contribution in [1.82, 2.24) is 0 Å². The lowest BCUT2D eigenvalue weighted by Crippen LogP contribution is -2.29. The average Bonchev–Trinajstić information content (AvgIpc) is 3.36. The molecule has 6 heteroatoms. The first-order valence-electron chi connectivity index (χ1n) is 10.1. The summed E-state index contributed by atoms with van der Waals surface area (Å²) in [6.07, 6.45) is 0. The summed E-state index contributed by atoms with van der Waals surface area (Å²) < 4.78 is 5.46. The van der Waals surface area contributed by atoms with Crippen molar-refractivity contribution in [1.29, 1.82) is 0 Å². The Bertz CT molecular complexity index is 1160. The van der Waals surface area contributed by atoms with Gasteiger partial charge in [0.1, 0.15) is 17.6 Å². The molecule has 0 aliphatic carbocycles. The minimum Gasteiger partial charge on any atom is -0.507 e. The molecule has 0 radical (unpaired) electrons. The summed E-state index contributed by atoms with van der Waals surface area (Å²) in [6.45, 7) is 6.32. The van der Waals surface area contributed by atoms with Crippen LogP contribution in [0.25, 0.3) is 5.76 Å². The number of amides is 1. The second-order valence-electron chi connectivity index (χ2n) is 7.43. The molecule has 4 rings (SSSR count). The number of carbonyl (C=O) groups excluding carboxylic acids is 2. The van der Waals surface area contributed by atoms with E-state index < -0.39 is 17.7 Å². The lowest BCUT2D eigenvalue weighted by Gasteiger charge is -2.26. The molecule has 1 aliphatic rings. The van der Waals surface area contributed by atoms with Crippen LogP contribution in [0.1, 0.15) is 34.5 Å². The maximum atomic E-state index is 13.1. The molecule has 1 saturated heterocycles. The zero-order valence-corrected chi connectivity index (χ0v) is 18.4. The summed E-state index contributed by atoms with van der Waals surface area (Å²) in [5.41, 5.74) is 3.18. The minimum atomic E-state index is -0.690. The third kappa shape index (κ3) is 3.75. The molecule has 2 heterocycles. The summed E-state index contributed by atoms with van der Waals surface area (Å²) in [5.74, 6) is -0.848. The highest BCUT2D eigenvalue weighted by molar-refractivity contribution is 7.10. The van der Waals surface area contributed by atoms with Gasteiger partial charge in [-0.25, -0.2) is 0 Å². The van der Waals surface area contributed by atoms with E-state index >= 15 is 0 Å². The van der Waals surface area contributed by atoms with Gasteiger partial charge in [-0.15, -0.1) is 11.3 Å². The SMILES string of the molecule is CCOc1ccc(/C(O)=C2/C(=O)C(=O)N(c3ccc(C)cc3C)C2c2cccs2)cc1. The molecule has 1 N–H and O–H groups in total. The van der Waals surface area contributed by atoms with E-state index in [4.69, 9.17) is 4.74 Å². The monoisotopic (exact) mass is 433 g/mol. The van der Waals surface area contributed by atoms with Crippen LogP contribution in [0.3, 0.4) is 0 Å². The van der Waals surface area contributed by atoms with Crippen molar-refractivity contribution >= 4 is 34.5 Å². The number of thiophene rings is 1. The molecule has 0 bridgehead atoms. The molecule has 1 aromatic heterocycles. The number of Topliss-reactive ketones (excluding diaryl/α,β-unsaturated/α-hetero) is 1. The Morgan fingerprint density at radius 1 is 1.10 bits per heavy atom. The largest absolute Gasteiger partial charge is 0.507 e. The number of aliphatic hydroxyl groups excluding tert-OH is 1. The van der Waals surface area contributed by atoms with Gasteiger partial charge < -0.3 is 9.84 Å². The molecule has 1 atom stereocenters. The maximum absolute atomic E-state index is 13.1. The van der Waals surface area contributed by atoms with E-state index in [1.807, 2.05) is 56.5 Å². The number of anilines is 1. The van der Waals surface area contributed by atoms with E-state index in [2.05, 4.69) is 0 Å². The Labute approximate surface area is 185 Å². The number of hydrogen-bond donors (Lipinski definition) is 1. The number of carbonyl (C=O) groups is 2. The molecule has 1 amide bonds. The fourth-order valence-electron chi connectivity index (χ4n) is 3.90. The second kappa shape index (κ2) is 8.40. The van der Waals surface area contributed by atoms with Crippen LogP contribution in [0, 0.1) is 13.8 Å². The smallest absolute Gasteiger partial charge is 0.300 e. The van der Waals surface area contributed by atoms with Crippen molar-refractivity contribution < 1.29 is 19.4 Å². The predicted octanol–water partition coefficient (Wildman–Crippen LogP) is 5.39. The van der Waals surface area contributed by atoms with Crippen LogP contribution in [-0.4, -0.2) is 23.4 Å². The first kappa shape index (κ1) is 20.9. The van der Waals surface area contributed by atoms with Gasteiger partial charge in [0.05, 0.1) is 12.2 Å². The Morgan fingerprint density at radius 2 is 1.84 bits per heavy atom. The molecule has 0 saturated carbocycles. The second-order valence-corrected chi connectivity index (χ2v) is 8.41. The Hall–Kier alpha value is -3.38. The van der Waals surface area contributed by atoms with Crippen LogP contribution in [0.2, 0.25) is 0 Å². The van der Waals surface area contributed by atoms with Crippen LogP contribution < -0.4 is 9.64 Å². The highest BCUT2D eigenvalue weighted by Crippen LogP contribution is 2.44. The van der Waals surface area contributed by atoms with Gasteiger partial charge in [-0.3, -0.25) is 14.5 Å². The molecule has 1 fully saturated rings. The third-order valence-electron chi connectivity index (χ3n) is 5.31. The van der Waals surface area contributed by atoms with Crippen LogP contribution >= 0.6 is 11.3 Å². The molecular weight excluding hydrogens is 410 g/mol. The number of aryl methyl sites for hydroxylation is 2. The van der Waals surface area contributed by atoms with E-state index in [9.17, 15) is 14.7 Å². The predicted molar refractivity (Wildman–Crippen MR) is 123 cm³/mol. The van der Waals surface area contributed by atoms with Crippen LogP contribution in [0.5, 0.6) is 5.75 Å². The maximum Gasteiger partial charge on any atom is 0.300 e. The number of nitrogens with zero attached hydrogens (tertiary/aromatic N) is 1. The van der Waals surface area contributed by atoms with Crippen molar-refractivity contribution in [2.45, 2.75) is 26.8 Å². The van der Waals surface area contributed by atoms with Crippen molar-refractivity contribution in [2.24, 2.45) is 0 Å². The molecular formula is C25H23NO4S. The first-order chi connectivity index (χ1) is 14.9. The summed E-state index contributed by atoms with van der Waals surface area (Å²) in [7, 11) is 0. The molecule has 0 spiro atoms. The fraction of sp³-hybridized carbons (Fsp3) is 0.200. The van der Waals surface area contributed by atoms with Crippen molar-refractivity contribution in [3.8, 4) is 5.75 Å². The lowest BCUT2D eigenvalue weighted by atomic mass is 9.99. The molecule has 158 valence electrons. The van der Waals surface area contributed by atoms with Crippen LogP contribution in [-0.2, 0) is 9.59 Å². The Kier molecular flexibility index (Phi) is 5.65. The van der Waals surface area contributed by atoms with Crippen LogP contribution in [0.4, 0.5) is 5.69 Å². The molecule has 1 unspecified atom stereocenters. The molecule has 31 heavy (non-hydrogen) atoms. The van der Waals surface area contributed by atoms with Gasteiger partial charge >= 0.3 is 0 Å². The van der Waals surface area contributed by atoms with Crippen LogP contribution in [0.15, 0.2) is 65.6 Å². The van der Waals surface area contributed by atoms with E-state index in [-0.39, 0.29) is 11.3 Å². The summed E-state index contributed by atoms with van der Waals surface area (Å²) in [5, 5.41) is 13.0. The quantitative estimate of drug-likeness (QED) is 0.333. The fourth-order valence-corrected chi connectivity index (χ4v) is 4.73. The number of aliphatic hydroxyl groups is 1. The van der Waals surface area contributed by atoms with E-state index in [0.717, 1.165) is 16.0 Å². The minimum absolute atomic E-state index is 0.0941. The van der Waals surface area contributed by atoms with E-state index in [1.165, 1.54) is 16.2 Å². The Morgan fingerprint density at radius 3 is 2.45 bits per heavy atom. The zero-order valence-electron chi connectivity index (χ0n) is 17.6. The molecule has 5 nitrogen and oxygen atoms in total. The van der Waals surface area contributed by atoms with E-state index in [1.54, 1.807) is 24.3 Å².